The maximum atomic E-state index is 2.86. The van der Waals surface area contributed by atoms with Gasteiger partial charge in [0.05, 0.1) is 15.8 Å². The summed E-state index contributed by atoms with van der Waals surface area (Å²) in [5.74, 6) is 0. The average Bonchev–Trinajstić information content (AvgIpc) is 3.96. The normalized spacial score (nSPS) is 18.9. The van der Waals surface area contributed by atoms with Crippen LogP contribution in [-0.2, 0) is 0 Å². The van der Waals surface area contributed by atoms with E-state index >= 15 is 0 Å². The van der Waals surface area contributed by atoms with Gasteiger partial charge in [0, 0.05) is 99.1 Å². The minimum Gasteiger partial charge on any atom is -0.140 e. The standard InChI is InChI=1S/C58H106S2Si12/c1-43-39-45(3)53(46(4)40-43)61(63-55(65(7,8)9,66(10,11)12)35-36-56(63,67(13,14)15)68(16,17)18)51-33-31-49(59-51)50-32-34-52(60-50)62(54-47(5)41-44(2)42-48(54)6)64-57(69(19,20)21,70(22,23)24)37-38-58(64,71(25,26)27)72(28,29)30/h31-34,39-42H,35-38H2,1-30H3. The van der Waals surface area contributed by atoms with E-state index in [-0.39, 0.29) is 0 Å². The third-order valence-corrected chi connectivity index (χ3v) is 116. The first-order valence-corrected chi connectivity index (χ1v) is 65.7. The minimum atomic E-state index is -1.70. The molecule has 0 N–H and O–H groups in total. The summed E-state index contributed by atoms with van der Waals surface area (Å²) < 4.78 is 5.90. The molecule has 0 bridgehead atoms. The minimum absolute atomic E-state index is 0.563. The van der Waals surface area contributed by atoms with Crippen LogP contribution in [0.1, 0.15) is 59.1 Å². The predicted molar refractivity (Wildman–Crippen MR) is 366 cm³/mol. The molecular weight excluding hydrogens is 1100 g/mol. The summed E-state index contributed by atoms with van der Waals surface area (Å²) in [6.45, 7) is 83.6. The Kier molecular flexibility index (Phi) is 16.8. The topological polar surface area (TPSA) is 0 Å². The summed E-state index contributed by atoms with van der Waals surface area (Å²) in [5.41, 5.74) is 9.32. The Balaban J connectivity index is 1.84. The molecule has 0 atom stereocenters. The second-order valence-electron chi connectivity index (χ2n) is 32.0. The molecule has 0 radical (unpaired) electrons. The van der Waals surface area contributed by atoms with E-state index in [1.54, 1.807) is 32.0 Å². The Morgan fingerprint density at radius 1 is 0.333 bits per heavy atom. The van der Waals surface area contributed by atoms with Gasteiger partial charge in [0.15, 0.2) is 0 Å². The maximum absolute atomic E-state index is 2.86. The number of aryl methyl sites for hydroxylation is 6. The van der Waals surface area contributed by atoms with E-state index in [1.807, 2.05) is 19.4 Å². The molecule has 2 aromatic carbocycles. The molecule has 0 nitrogen and oxygen atoms in total. The van der Waals surface area contributed by atoms with E-state index in [1.165, 1.54) is 36.8 Å². The molecule has 0 spiro atoms. The highest BCUT2D eigenvalue weighted by Gasteiger charge is 2.72. The molecule has 2 aliphatic rings. The number of benzene rings is 2. The van der Waals surface area contributed by atoms with Gasteiger partial charge >= 0.3 is 0 Å². The summed E-state index contributed by atoms with van der Waals surface area (Å²) in [6.07, 6.45) is 6.08. The third kappa shape index (κ3) is 9.57. The first kappa shape index (κ1) is 61.7. The fourth-order valence-corrected chi connectivity index (χ4v) is 157. The molecule has 2 aliphatic heterocycles. The van der Waals surface area contributed by atoms with Gasteiger partial charge in [0.2, 0.25) is 0 Å². The lowest BCUT2D eigenvalue weighted by Gasteiger charge is -2.58. The first-order valence-electron chi connectivity index (χ1n) is 28.1. The summed E-state index contributed by atoms with van der Waals surface area (Å²) in [6, 6.07) is 21.4. The van der Waals surface area contributed by atoms with Crippen LogP contribution in [0.2, 0.25) is 174 Å². The van der Waals surface area contributed by atoms with E-state index in [0.717, 1.165) is 0 Å². The fourth-order valence-electron chi connectivity index (χ4n) is 18.4. The van der Waals surface area contributed by atoms with Gasteiger partial charge in [-0.05, 0) is 116 Å². The van der Waals surface area contributed by atoms with Crippen molar-refractivity contribution in [2.75, 3.05) is 0 Å². The predicted octanol–water partition coefficient (Wildman–Crippen LogP) is 17.3. The Labute approximate surface area is 467 Å². The highest BCUT2D eigenvalue weighted by atomic mass is 32.1. The Hall–Kier alpha value is 0.443. The first-order chi connectivity index (χ1) is 32.2. The van der Waals surface area contributed by atoms with Crippen LogP contribution in [0.4, 0.5) is 0 Å². The van der Waals surface area contributed by atoms with Crippen molar-refractivity contribution in [3.63, 3.8) is 0 Å². The van der Waals surface area contributed by atoms with Crippen LogP contribution in [-0.4, -0.2) is 96.2 Å². The van der Waals surface area contributed by atoms with Crippen molar-refractivity contribution in [3.05, 3.63) is 81.9 Å². The van der Waals surface area contributed by atoms with Crippen LogP contribution >= 0.6 is 22.7 Å². The lowest BCUT2D eigenvalue weighted by molar-refractivity contribution is 0.763. The molecule has 6 rings (SSSR count). The highest BCUT2D eigenvalue weighted by Crippen LogP contribution is 2.70. The zero-order valence-corrected chi connectivity index (χ0v) is 65.9. The van der Waals surface area contributed by atoms with Crippen LogP contribution in [0.25, 0.3) is 9.75 Å². The van der Waals surface area contributed by atoms with Gasteiger partial charge in [-0.15, -0.1) is 22.7 Å². The Bertz CT molecular complexity index is 2420. The molecule has 0 saturated carbocycles. The molecule has 2 saturated heterocycles. The quantitative estimate of drug-likeness (QED) is 0.117. The smallest absolute Gasteiger partial charge is 0.0712 e. The summed E-state index contributed by atoms with van der Waals surface area (Å²) in [5, 5.41) is 3.68. The van der Waals surface area contributed by atoms with Crippen molar-refractivity contribution in [2.24, 2.45) is 0 Å². The number of rotatable bonds is 13. The molecule has 0 unspecified atom stereocenters. The van der Waals surface area contributed by atoms with Crippen LogP contribution < -0.4 is 19.4 Å². The van der Waals surface area contributed by atoms with E-state index < -0.39 is 96.2 Å². The molecule has 72 heavy (non-hydrogen) atoms. The van der Waals surface area contributed by atoms with E-state index in [2.05, 4.69) is 270 Å². The zero-order valence-electron chi connectivity index (χ0n) is 52.3. The molecule has 2 aromatic heterocycles. The van der Waals surface area contributed by atoms with Crippen molar-refractivity contribution < 1.29 is 0 Å². The van der Waals surface area contributed by atoms with Crippen molar-refractivity contribution in [1.82, 2.24) is 0 Å². The van der Waals surface area contributed by atoms with Gasteiger partial charge in [-0.25, -0.2) is 0 Å². The SMILES string of the molecule is Cc1cc(C)c([Si](c2ccc(-c3ccc([Si](c4c(C)cc(C)cc4C)=[Si]4C([Si](C)(C)C)([Si](C)(C)C)CCC4([Si](C)(C)C)[Si](C)(C)C)s3)s2)=[Si]2C([Si](C)(C)C)([Si](C)(C)C)CCC2([Si](C)(C)C)[Si](C)(C)C)c(C)c1. The number of thiophene rings is 2. The van der Waals surface area contributed by atoms with Gasteiger partial charge in [0.25, 0.3) is 0 Å². The summed E-state index contributed by atoms with van der Waals surface area (Å²) in [4.78, 5) is 3.16. The van der Waals surface area contributed by atoms with Crippen molar-refractivity contribution in [1.29, 1.82) is 0 Å². The van der Waals surface area contributed by atoms with Gasteiger partial charge in [-0.2, -0.15) is 0 Å². The highest BCUT2D eigenvalue weighted by molar-refractivity contribution is 7.41. The van der Waals surface area contributed by atoms with E-state index in [0.29, 0.717) is 17.1 Å². The Morgan fingerprint density at radius 2 is 0.528 bits per heavy atom. The lowest BCUT2D eigenvalue weighted by atomic mass is 10.1. The monoisotopic (exact) mass is 1200 g/mol. The molecule has 0 aliphatic carbocycles. The van der Waals surface area contributed by atoms with Gasteiger partial charge in [0.1, 0.15) is 0 Å². The molecule has 0 amide bonds. The summed E-state index contributed by atoms with van der Waals surface area (Å²) in [7, 11) is -17.8. The van der Waals surface area contributed by atoms with Crippen molar-refractivity contribution in [3.8, 4) is 9.75 Å². The second-order valence-corrected chi connectivity index (χ2v) is 98.2. The van der Waals surface area contributed by atoms with Gasteiger partial charge in [-0.3, -0.25) is 0 Å². The van der Waals surface area contributed by atoms with Crippen LogP contribution in [0, 0.1) is 41.5 Å². The van der Waals surface area contributed by atoms with E-state index in [4.69, 9.17) is 0 Å². The van der Waals surface area contributed by atoms with Gasteiger partial charge < -0.3 is 0 Å². The molecule has 14 heteroatoms. The largest absolute Gasteiger partial charge is 0.140 e. The number of hydrogen-bond acceptors (Lipinski definition) is 2. The number of hydrogen-bond donors (Lipinski definition) is 0. The van der Waals surface area contributed by atoms with Crippen molar-refractivity contribution in [2.45, 2.75) is 241 Å². The van der Waals surface area contributed by atoms with Crippen LogP contribution in [0.5, 0.6) is 0 Å². The maximum Gasteiger partial charge on any atom is 0.0712 e. The Morgan fingerprint density at radius 3 is 0.708 bits per heavy atom. The fraction of sp³-hybridized carbons (Fsp3) is 0.655. The molecular formula is C58H106S2Si12. The molecule has 398 valence electrons. The van der Waals surface area contributed by atoms with Crippen molar-refractivity contribution >= 4 is 138 Å². The molecule has 4 heterocycles. The lowest BCUT2D eigenvalue weighted by Crippen LogP contribution is -2.69. The van der Waals surface area contributed by atoms with Crippen LogP contribution in [0.3, 0.4) is 0 Å². The molecule has 4 aromatic rings. The molecule has 2 fully saturated rings. The average molecular weight is 1200 g/mol. The summed E-state index contributed by atoms with van der Waals surface area (Å²) >= 11 is 4.62. The van der Waals surface area contributed by atoms with Gasteiger partial charge in [-0.1, -0.05) is 218 Å². The second kappa shape index (κ2) is 19.6. The third-order valence-electron chi connectivity index (χ3n) is 20.0. The van der Waals surface area contributed by atoms with Crippen LogP contribution in [0.15, 0.2) is 48.5 Å². The zero-order chi connectivity index (χ0) is 55.1. The van der Waals surface area contributed by atoms with E-state index in [9.17, 15) is 0 Å².